The zero-order valence-corrected chi connectivity index (χ0v) is 13.8. The smallest absolute Gasteiger partial charge is 0.384 e. The Bertz CT molecular complexity index is 911. The van der Waals surface area contributed by atoms with Crippen LogP contribution in [0.25, 0.3) is 0 Å². The normalized spacial score (nSPS) is 11.5. The molecule has 1 heterocycles. The summed E-state index contributed by atoms with van der Waals surface area (Å²) in [6, 6.07) is 12.4. The number of benzene rings is 2. The van der Waals surface area contributed by atoms with Gasteiger partial charge in [0.15, 0.2) is 0 Å². The summed E-state index contributed by atoms with van der Waals surface area (Å²) in [5.74, 6) is 0.716. The summed E-state index contributed by atoms with van der Waals surface area (Å²) in [5.41, 5.74) is 7.23. The van der Waals surface area contributed by atoms with E-state index in [1.54, 1.807) is 18.5 Å². The average Bonchev–Trinajstić information content (AvgIpc) is 3.02. The quantitative estimate of drug-likeness (QED) is 0.538. The highest BCUT2D eigenvalue weighted by atomic mass is 19.4. The maximum absolute atomic E-state index is 12.7. The number of hydrogen-bond donors (Lipinski definition) is 2. The van der Waals surface area contributed by atoms with Gasteiger partial charge in [-0.25, -0.2) is 4.98 Å². The molecule has 7 heteroatoms. The van der Waals surface area contributed by atoms with E-state index in [4.69, 9.17) is 11.1 Å². The third kappa shape index (κ3) is 3.93. The topological polar surface area (TPSA) is 67.7 Å². The Hall–Kier alpha value is -3.09. The zero-order valence-electron chi connectivity index (χ0n) is 13.8. The SMILES string of the molecule is N=C(N)c1ccccc1Cn1ccnc1Cc1ccc(C(F)(F)F)cc1. The van der Waals surface area contributed by atoms with E-state index in [9.17, 15) is 13.2 Å². The summed E-state index contributed by atoms with van der Waals surface area (Å²) in [6.07, 6.45) is -0.479. The monoisotopic (exact) mass is 358 g/mol. The molecule has 2 aromatic carbocycles. The van der Waals surface area contributed by atoms with Gasteiger partial charge in [0.1, 0.15) is 11.7 Å². The van der Waals surface area contributed by atoms with Crippen LogP contribution in [0.4, 0.5) is 13.2 Å². The highest BCUT2D eigenvalue weighted by molar-refractivity contribution is 5.96. The fourth-order valence-corrected chi connectivity index (χ4v) is 2.75. The molecule has 134 valence electrons. The van der Waals surface area contributed by atoms with E-state index < -0.39 is 11.7 Å². The van der Waals surface area contributed by atoms with Gasteiger partial charge >= 0.3 is 6.18 Å². The summed E-state index contributed by atoms with van der Waals surface area (Å²) < 4.78 is 39.9. The molecule has 0 saturated heterocycles. The fourth-order valence-electron chi connectivity index (χ4n) is 2.75. The summed E-state index contributed by atoms with van der Waals surface area (Å²) in [5, 5.41) is 7.67. The van der Waals surface area contributed by atoms with Crippen LogP contribution in [0.2, 0.25) is 0 Å². The molecule has 0 aliphatic rings. The number of nitrogens with two attached hydrogens (primary N) is 1. The van der Waals surface area contributed by atoms with Crippen LogP contribution in [0.15, 0.2) is 60.9 Å². The first kappa shape index (κ1) is 17.7. The predicted octanol–water partition coefficient (Wildman–Crippen LogP) is 3.83. The molecular formula is C19H17F3N4. The van der Waals surface area contributed by atoms with Crippen LogP contribution < -0.4 is 5.73 Å². The Morgan fingerprint density at radius 2 is 1.77 bits per heavy atom. The minimum absolute atomic E-state index is 0.00925. The van der Waals surface area contributed by atoms with Gasteiger partial charge in [0.25, 0.3) is 0 Å². The van der Waals surface area contributed by atoms with Crippen molar-refractivity contribution in [3.8, 4) is 0 Å². The first-order chi connectivity index (χ1) is 12.3. The molecule has 0 fully saturated rings. The van der Waals surface area contributed by atoms with Crippen LogP contribution in [0.3, 0.4) is 0 Å². The average molecular weight is 358 g/mol. The van der Waals surface area contributed by atoms with E-state index in [0.717, 1.165) is 29.1 Å². The molecule has 0 radical (unpaired) electrons. The molecule has 1 aromatic heterocycles. The van der Waals surface area contributed by atoms with Gasteiger partial charge in [0.2, 0.25) is 0 Å². The van der Waals surface area contributed by atoms with Crippen molar-refractivity contribution in [2.75, 3.05) is 0 Å². The van der Waals surface area contributed by atoms with E-state index in [0.29, 0.717) is 18.5 Å². The van der Waals surface area contributed by atoms with Crippen LogP contribution in [0, 0.1) is 5.41 Å². The number of imidazole rings is 1. The molecule has 3 aromatic rings. The number of nitrogen functional groups attached to an aromatic ring is 1. The van der Waals surface area contributed by atoms with Crippen LogP contribution >= 0.6 is 0 Å². The molecule has 0 saturated carbocycles. The molecule has 0 unspecified atom stereocenters. The summed E-state index contributed by atoms with van der Waals surface area (Å²) >= 11 is 0. The van der Waals surface area contributed by atoms with Crippen molar-refractivity contribution in [1.29, 1.82) is 5.41 Å². The Morgan fingerprint density at radius 1 is 1.08 bits per heavy atom. The first-order valence-electron chi connectivity index (χ1n) is 7.93. The number of hydrogen-bond acceptors (Lipinski definition) is 2. The van der Waals surface area contributed by atoms with Crippen molar-refractivity contribution < 1.29 is 13.2 Å². The van der Waals surface area contributed by atoms with Crippen molar-refractivity contribution in [3.05, 3.63) is 89.0 Å². The lowest BCUT2D eigenvalue weighted by molar-refractivity contribution is -0.137. The van der Waals surface area contributed by atoms with Gasteiger partial charge in [-0.15, -0.1) is 0 Å². The second-order valence-corrected chi connectivity index (χ2v) is 5.91. The molecule has 26 heavy (non-hydrogen) atoms. The standard InChI is InChI=1S/C19H17F3N4/c20-19(21,22)15-7-5-13(6-8-15)11-17-25-9-10-26(17)12-14-3-1-2-4-16(14)18(23)24/h1-10H,11-12H2,(H3,23,24). The van der Waals surface area contributed by atoms with Crippen molar-refractivity contribution in [3.63, 3.8) is 0 Å². The van der Waals surface area contributed by atoms with Gasteiger partial charge in [-0.05, 0) is 23.3 Å². The summed E-state index contributed by atoms with van der Waals surface area (Å²) in [6.45, 7) is 0.478. The maximum Gasteiger partial charge on any atom is 0.416 e. The minimum Gasteiger partial charge on any atom is -0.384 e. The first-order valence-corrected chi connectivity index (χ1v) is 7.93. The lowest BCUT2D eigenvalue weighted by Crippen LogP contribution is -2.15. The van der Waals surface area contributed by atoms with Gasteiger partial charge in [-0.2, -0.15) is 13.2 Å². The second-order valence-electron chi connectivity index (χ2n) is 5.91. The van der Waals surface area contributed by atoms with Crippen molar-refractivity contribution in [1.82, 2.24) is 9.55 Å². The van der Waals surface area contributed by atoms with Gasteiger partial charge < -0.3 is 10.3 Å². The van der Waals surface area contributed by atoms with Crippen molar-refractivity contribution in [2.45, 2.75) is 19.1 Å². The molecule has 3 rings (SSSR count). The second kappa shape index (κ2) is 7.03. The number of nitrogens with one attached hydrogen (secondary N) is 1. The molecule has 4 nitrogen and oxygen atoms in total. The van der Waals surface area contributed by atoms with Crippen LogP contribution in [-0.2, 0) is 19.1 Å². The third-order valence-electron chi connectivity index (χ3n) is 4.09. The Labute approximate surface area is 148 Å². The number of nitrogens with zero attached hydrogens (tertiary/aromatic N) is 2. The van der Waals surface area contributed by atoms with E-state index >= 15 is 0 Å². The van der Waals surface area contributed by atoms with Crippen molar-refractivity contribution >= 4 is 5.84 Å². The van der Waals surface area contributed by atoms with E-state index in [1.807, 2.05) is 22.8 Å². The molecule has 0 aliphatic carbocycles. The van der Waals surface area contributed by atoms with Gasteiger partial charge in [-0.3, -0.25) is 5.41 Å². The molecule has 0 bridgehead atoms. The third-order valence-corrected chi connectivity index (χ3v) is 4.09. The minimum atomic E-state index is -4.34. The fraction of sp³-hybridized carbons (Fsp3) is 0.158. The summed E-state index contributed by atoms with van der Waals surface area (Å²) in [7, 11) is 0. The van der Waals surface area contributed by atoms with Crippen molar-refractivity contribution in [2.24, 2.45) is 5.73 Å². The van der Waals surface area contributed by atoms with Crippen LogP contribution in [0.1, 0.15) is 28.1 Å². The Morgan fingerprint density at radius 3 is 2.42 bits per heavy atom. The highest BCUT2D eigenvalue weighted by Gasteiger charge is 2.29. The van der Waals surface area contributed by atoms with E-state index in [2.05, 4.69) is 4.98 Å². The maximum atomic E-state index is 12.7. The number of alkyl halides is 3. The Balaban J connectivity index is 1.80. The predicted molar refractivity (Wildman–Crippen MR) is 93.0 cm³/mol. The zero-order chi connectivity index (χ0) is 18.7. The number of amidine groups is 1. The number of rotatable bonds is 5. The highest BCUT2D eigenvalue weighted by Crippen LogP contribution is 2.29. The van der Waals surface area contributed by atoms with Crippen LogP contribution in [0.5, 0.6) is 0 Å². The van der Waals surface area contributed by atoms with Gasteiger partial charge in [0.05, 0.1) is 5.56 Å². The van der Waals surface area contributed by atoms with Crippen LogP contribution in [-0.4, -0.2) is 15.4 Å². The molecule has 0 spiro atoms. The largest absolute Gasteiger partial charge is 0.416 e. The lowest BCUT2D eigenvalue weighted by Gasteiger charge is -2.12. The molecule has 0 aliphatic heterocycles. The van der Waals surface area contributed by atoms with E-state index in [1.165, 1.54) is 12.1 Å². The summed E-state index contributed by atoms with van der Waals surface area (Å²) in [4.78, 5) is 4.31. The van der Waals surface area contributed by atoms with Gasteiger partial charge in [-0.1, -0.05) is 36.4 Å². The molecule has 3 N–H and O–H groups in total. The Kier molecular flexibility index (Phi) is 4.79. The molecule has 0 amide bonds. The number of halogens is 3. The number of aromatic nitrogens is 2. The van der Waals surface area contributed by atoms with E-state index in [-0.39, 0.29) is 5.84 Å². The molecular weight excluding hydrogens is 341 g/mol. The lowest BCUT2D eigenvalue weighted by atomic mass is 10.1. The molecule has 0 atom stereocenters. The van der Waals surface area contributed by atoms with Gasteiger partial charge in [0, 0.05) is 30.9 Å².